The molecule has 0 amide bonds. The zero-order valence-electron chi connectivity index (χ0n) is 9.24. The van der Waals surface area contributed by atoms with Gasteiger partial charge in [0.05, 0.1) is 18.8 Å². The van der Waals surface area contributed by atoms with Gasteiger partial charge < -0.3 is 14.9 Å². The number of aliphatic hydroxyl groups excluding tert-OH is 2. The Balaban J connectivity index is 1.89. The summed E-state index contributed by atoms with van der Waals surface area (Å²) < 4.78 is 6.88. The van der Waals surface area contributed by atoms with Crippen molar-refractivity contribution in [3.63, 3.8) is 0 Å². The molecule has 3 rings (SSSR count). The molecule has 2 N–H and O–H groups in total. The Morgan fingerprint density at radius 1 is 1.35 bits per heavy atom. The minimum Gasteiger partial charge on any atom is -0.394 e. The molecule has 2 heterocycles. The Morgan fingerprint density at radius 3 is 2.88 bits per heavy atom. The summed E-state index contributed by atoms with van der Waals surface area (Å²) in [5, 5.41) is 20.0. The van der Waals surface area contributed by atoms with Gasteiger partial charge in [-0.15, -0.1) is 11.3 Å². The van der Waals surface area contributed by atoms with E-state index in [1.165, 1.54) is 10.1 Å². The van der Waals surface area contributed by atoms with Gasteiger partial charge in [-0.3, -0.25) is 0 Å². The largest absolute Gasteiger partial charge is 0.394 e. The molecular formula is C13H14O3S. The summed E-state index contributed by atoms with van der Waals surface area (Å²) in [7, 11) is 0. The van der Waals surface area contributed by atoms with Gasteiger partial charge in [0, 0.05) is 16.0 Å². The first-order valence-corrected chi connectivity index (χ1v) is 6.52. The first kappa shape index (κ1) is 11.2. The summed E-state index contributed by atoms with van der Waals surface area (Å²) in [5.41, 5.74) is 0. The number of hydrogen-bond donors (Lipinski definition) is 2. The van der Waals surface area contributed by atoms with Crippen molar-refractivity contribution in [1.82, 2.24) is 0 Å². The average Bonchev–Trinajstić information content (AvgIpc) is 2.91. The molecule has 0 unspecified atom stereocenters. The van der Waals surface area contributed by atoms with E-state index in [2.05, 4.69) is 18.2 Å². The van der Waals surface area contributed by atoms with Crippen LogP contribution in [0.1, 0.15) is 17.4 Å². The van der Waals surface area contributed by atoms with Crippen LogP contribution in [-0.2, 0) is 4.74 Å². The molecule has 1 aromatic heterocycles. The second-order valence-corrected chi connectivity index (χ2v) is 5.45. The Hall–Kier alpha value is -0.940. The van der Waals surface area contributed by atoms with Crippen molar-refractivity contribution in [3.05, 3.63) is 35.2 Å². The first-order valence-electron chi connectivity index (χ1n) is 5.71. The van der Waals surface area contributed by atoms with Crippen LogP contribution in [0.25, 0.3) is 10.1 Å². The van der Waals surface area contributed by atoms with Crippen molar-refractivity contribution < 1.29 is 14.9 Å². The normalized spacial score (nSPS) is 28.9. The molecule has 90 valence electrons. The average molecular weight is 250 g/mol. The fourth-order valence-corrected chi connectivity index (χ4v) is 3.35. The van der Waals surface area contributed by atoms with Gasteiger partial charge in [-0.25, -0.2) is 0 Å². The van der Waals surface area contributed by atoms with Crippen LogP contribution in [0.2, 0.25) is 0 Å². The third kappa shape index (κ3) is 1.98. The van der Waals surface area contributed by atoms with Crippen molar-refractivity contribution in [1.29, 1.82) is 0 Å². The number of aliphatic hydroxyl groups is 2. The zero-order valence-corrected chi connectivity index (χ0v) is 10.1. The summed E-state index contributed by atoms with van der Waals surface area (Å²) in [5.74, 6) is 0. The standard InChI is InChI=1S/C13H14O3S/c14-7-11-9(15)6-10(16-11)13-5-8-3-1-2-4-12(8)17-13/h1-5,9-11,14-15H,6-7H2/t9-,10-,11+/m0/s1. The minimum atomic E-state index is -0.560. The summed E-state index contributed by atoms with van der Waals surface area (Å²) in [6, 6.07) is 10.3. The maximum absolute atomic E-state index is 9.72. The fourth-order valence-electron chi connectivity index (χ4n) is 2.24. The number of fused-ring (bicyclic) bond motifs is 1. The van der Waals surface area contributed by atoms with Gasteiger partial charge in [-0.2, -0.15) is 0 Å². The van der Waals surface area contributed by atoms with Crippen molar-refractivity contribution in [2.45, 2.75) is 24.7 Å². The van der Waals surface area contributed by atoms with Crippen LogP contribution in [0.15, 0.2) is 30.3 Å². The molecule has 1 aliphatic heterocycles. The molecule has 0 saturated carbocycles. The molecule has 1 saturated heterocycles. The molecular weight excluding hydrogens is 236 g/mol. The lowest BCUT2D eigenvalue weighted by molar-refractivity contribution is -0.0216. The van der Waals surface area contributed by atoms with E-state index < -0.39 is 12.2 Å². The van der Waals surface area contributed by atoms with E-state index in [4.69, 9.17) is 9.84 Å². The molecule has 1 fully saturated rings. The van der Waals surface area contributed by atoms with Crippen LogP contribution in [-0.4, -0.2) is 29.0 Å². The summed E-state index contributed by atoms with van der Waals surface area (Å²) in [6.45, 7) is -0.122. The Bertz CT molecular complexity index is 489. The molecule has 3 nitrogen and oxygen atoms in total. The number of rotatable bonds is 2. The number of thiophene rings is 1. The number of benzene rings is 1. The van der Waals surface area contributed by atoms with Gasteiger partial charge >= 0.3 is 0 Å². The van der Waals surface area contributed by atoms with Gasteiger partial charge in [0.15, 0.2) is 0 Å². The van der Waals surface area contributed by atoms with Crippen molar-refractivity contribution in [3.8, 4) is 0 Å². The maximum atomic E-state index is 9.72. The molecule has 1 aliphatic rings. The minimum absolute atomic E-state index is 0.0838. The molecule has 17 heavy (non-hydrogen) atoms. The van der Waals surface area contributed by atoms with E-state index in [1.807, 2.05) is 12.1 Å². The van der Waals surface area contributed by atoms with Crippen LogP contribution < -0.4 is 0 Å². The summed E-state index contributed by atoms with van der Waals surface area (Å²) >= 11 is 1.69. The lowest BCUT2D eigenvalue weighted by atomic mass is 10.1. The zero-order chi connectivity index (χ0) is 11.8. The lowest BCUT2D eigenvalue weighted by Gasteiger charge is -2.10. The monoisotopic (exact) mass is 250 g/mol. The molecule has 0 radical (unpaired) electrons. The molecule has 0 aliphatic carbocycles. The van der Waals surface area contributed by atoms with Gasteiger partial charge in [0.1, 0.15) is 6.10 Å². The van der Waals surface area contributed by atoms with Crippen molar-refractivity contribution >= 4 is 21.4 Å². The molecule has 0 spiro atoms. The predicted molar refractivity (Wildman–Crippen MR) is 67.1 cm³/mol. The summed E-state index contributed by atoms with van der Waals surface area (Å²) in [4.78, 5) is 1.13. The van der Waals surface area contributed by atoms with Crippen LogP contribution in [0.5, 0.6) is 0 Å². The maximum Gasteiger partial charge on any atom is 0.107 e. The van der Waals surface area contributed by atoms with Crippen LogP contribution in [0.3, 0.4) is 0 Å². The van der Waals surface area contributed by atoms with E-state index >= 15 is 0 Å². The molecule has 4 heteroatoms. The van der Waals surface area contributed by atoms with E-state index in [-0.39, 0.29) is 12.7 Å². The van der Waals surface area contributed by atoms with E-state index in [1.54, 1.807) is 11.3 Å². The van der Waals surface area contributed by atoms with E-state index in [0.29, 0.717) is 6.42 Å². The van der Waals surface area contributed by atoms with Gasteiger partial charge in [0.2, 0.25) is 0 Å². The second-order valence-electron chi connectivity index (χ2n) is 4.34. The van der Waals surface area contributed by atoms with E-state index in [0.717, 1.165) is 4.88 Å². The summed E-state index contributed by atoms with van der Waals surface area (Å²) in [6.07, 6.45) is -0.516. The van der Waals surface area contributed by atoms with Crippen LogP contribution in [0.4, 0.5) is 0 Å². The Kier molecular flexibility index (Phi) is 2.88. The van der Waals surface area contributed by atoms with Crippen molar-refractivity contribution in [2.24, 2.45) is 0 Å². The molecule has 1 aromatic carbocycles. The fraction of sp³-hybridized carbons (Fsp3) is 0.385. The SMILES string of the molecule is OC[C@H]1O[C@H](c2cc3ccccc3s2)C[C@@H]1O. The Morgan fingerprint density at radius 2 is 2.18 bits per heavy atom. The highest BCUT2D eigenvalue weighted by Gasteiger charge is 2.34. The molecule has 3 atom stereocenters. The topological polar surface area (TPSA) is 49.7 Å². The van der Waals surface area contributed by atoms with Crippen LogP contribution >= 0.6 is 11.3 Å². The van der Waals surface area contributed by atoms with Crippen LogP contribution in [0, 0.1) is 0 Å². The highest BCUT2D eigenvalue weighted by atomic mass is 32.1. The van der Waals surface area contributed by atoms with E-state index in [9.17, 15) is 5.11 Å². The highest BCUT2D eigenvalue weighted by Crippen LogP contribution is 2.38. The second kappa shape index (κ2) is 4.38. The smallest absolute Gasteiger partial charge is 0.107 e. The third-order valence-corrected chi connectivity index (χ3v) is 4.37. The number of hydrogen-bond acceptors (Lipinski definition) is 4. The third-order valence-electron chi connectivity index (χ3n) is 3.17. The first-order chi connectivity index (χ1) is 8.28. The van der Waals surface area contributed by atoms with Crippen molar-refractivity contribution in [2.75, 3.05) is 6.61 Å². The predicted octanol–water partition coefficient (Wildman–Crippen LogP) is 2.08. The lowest BCUT2D eigenvalue weighted by Crippen LogP contribution is -2.24. The Labute approximate surface area is 103 Å². The quantitative estimate of drug-likeness (QED) is 0.858. The van der Waals surface area contributed by atoms with Gasteiger partial charge in [-0.1, -0.05) is 18.2 Å². The van der Waals surface area contributed by atoms with Gasteiger partial charge in [0.25, 0.3) is 0 Å². The molecule has 0 bridgehead atoms. The highest BCUT2D eigenvalue weighted by molar-refractivity contribution is 7.19. The van der Waals surface area contributed by atoms with Gasteiger partial charge in [-0.05, 0) is 17.5 Å². The number of ether oxygens (including phenoxy) is 1. The molecule has 2 aromatic rings.